The van der Waals surface area contributed by atoms with Crippen LogP contribution in [0.15, 0.2) is 564 Å². The van der Waals surface area contributed by atoms with Gasteiger partial charge in [-0.25, -0.2) is 0 Å². The van der Waals surface area contributed by atoms with Gasteiger partial charge in [-0.15, -0.1) is 0 Å². The molecule has 0 saturated heterocycles. The smallest absolute Gasteiger partial charge is 0.0619 e. The normalized spacial score (nSPS) is 11.1. The Bertz CT molecular complexity index is 8140. The largest absolute Gasteiger partial charge is 0.309 e. The first-order chi connectivity index (χ1) is 67.0. The molecule has 0 atom stereocenters. The second kappa shape index (κ2) is 38.1. The highest BCUT2D eigenvalue weighted by Gasteiger charge is 2.27. The highest BCUT2D eigenvalue weighted by Crippen LogP contribution is 2.50. The van der Waals surface area contributed by atoms with Gasteiger partial charge in [0.1, 0.15) is 0 Å². The van der Waals surface area contributed by atoms with Crippen molar-refractivity contribution in [2.75, 3.05) is 0 Å². The van der Waals surface area contributed by atoms with Crippen molar-refractivity contribution in [3.05, 3.63) is 564 Å². The fourth-order valence-corrected chi connectivity index (χ4v) is 19.3. The van der Waals surface area contributed by atoms with Crippen molar-refractivity contribution in [1.82, 2.24) is 13.7 Å². The Balaban J connectivity index is 0.000000119. The van der Waals surface area contributed by atoms with Crippen molar-refractivity contribution < 1.29 is 0 Å². The van der Waals surface area contributed by atoms with Gasteiger partial charge in [0, 0.05) is 49.9 Å². The molecule has 0 aliphatic carbocycles. The lowest BCUT2D eigenvalue weighted by Gasteiger charge is -2.14. The van der Waals surface area contributed by atoms with Crippen LogP contribution in [0.1, 0.15) is 0 Å². The zero-order valence-electron chi connectivity index (χ0n) is 74.5. The first kappa shape index (κ1) is 82.9. The highest BCUT2D eigenvalue weighted by atomic mass is 15.0. The number of aromatic nitrogens is 3. The molecule has 3 heterocycles. The van der Waals surface area contributed by atoms with Gasteiger partial charge < -0.3 is 13.7 Å². The zero-order valence-corrected chi connectivity index (χ0v) is 74.5. The van der Waals surface area contributed by atoms with E-state index in [4.69, 9.17) is 0 Å². The van der Waals surface area contributed by atoms with Gasteiger partial charge in [-0.3, -0.25) is 0 Å². The molecule has 3 heteroatoms. The van der Waals surface area contributed by atoms with E-state index >= 15 is 0 Å². The molecule has 0 N–H and O–H groups in total. The quantitative estimate of drug-likeness (QED) is 0.0813. The van der Waals surface area contributed by atoms with Crippen LogP contribution in [-0.2, 0) is 0 Å². The summed E-state index contributed by atoms with van der Waals surface area (Å²) in [5.41, 5.74) is 43.3. The lowest BCUT2D eigenvalue weighted by molar-refractivity contribution is 1.13. The maximum atomic E-state index is 2.44. The van der Waals surface area contributed by atoms with Crippen LogP contribution in [0.25, 0.3) is 217 Å². The Kier molecular flexibility index (Phi) is 23.4. The van der Waals surface area contributed by atoms with E-state index < -0.39 is 0 Å². The van der Waals surface area contributed by atoms with Crippen LogP contribution in [0, 0.1) is 0 Å². The molecule has 0 bridgehead atoms. The predicted octanol–water partition coefficient (Wildman–Crippen LogP) is 35.9. The number of benzene rings is 21. The van der Waals surface area contributed by atoms with E-state index in [-0.39, 0.29) is 0 Å². The van der Waals surface area contributed by atoms with Gasteiger partial charge in [0.2, 0.25) is 0 Å². The van der Waals surface area contributed by atoms with Crippen molar-refractivity contribution >= 4 is 32.7 Å². The van der Waals surface area contributed by atoms with Crippen molar-refractivity contribution in [2.24, 2.45) is 0 Å². The molecule has 3 nitrogen and oxygen atoms in total. The van der Waals surface area contributed by atoms with Crippen molar-refractivity contribution in [3.8, 4) is 184 Å². The average Bonchev–Trinajstić information content (AvgIpc) is 1.58. The molecule has 24 aromatic rings. The van der Waals surface area contributed by atoms with Gasteiger partial charge in [-0.05, 0) is 206 Å². The molecule has 0 radical (unpaired) electrons. The maximum Gasteiger partial charge on any atom is 0.0619 e. The lowest BCUT2D eigenvalue weighted by Crippen LogP contribution is -1.97. The van der Waals surface area contributed by atoms with Gasteiger partial charge in [-0.1, -0.05) is 491 Å². The monoisotopic (exact) mass is 1720 g/mol. The summed E-state index contributed by atoms with van der Waals surface area (Å²) < 4.78 is 7.29. The summed E-state index contributed by atoms with van der Waals surface area (Å²) in [7, 11) is 0. The summed E-state index contributed by atoms with van der Waals surface area (Å²) in [6.45, 7) is 0. The number of hydrogen-bond donors (Lipinski definition) is 0. The van der Waals surface area contributed by atoms with Gasteiger partial charge in [0.05, 0.1) is 33.6 Å². The van der Waals surface area contributed by atoms with Crippen molar-refractivity contribution in [2.45, 2.75) is 0 Å². The van der Waals surface area contributed by atoms with Crippen LogP contribution in [0.3, 0.4) is 0 Å². The summed E-state index contributed by atoms with van der Waals surface area (Å²) in [6.07, 6.45) is 0. The third-order valence-electron chi connectivity index (χ3n) is 25.9. The SMILES string of the molecule is c1ccc(-c2ccc(-c3ccc4c(c3)c(-c3ccc(-c5ccccc5)cc3)c(-c3ccc(-c5ccccc5)cc3)n4-c3ccccc3)cc2)cc1.c1ccc(-c2ccc(-c3ccc4c(c3)c(-c3ccc(-c5ccccc5)cc3)c(-c3ccccc3)n4-c3ccccc3)cc2)cc1.c1ccc(-c2ccc(-n3c(-c4ccccc4)c(-c4ccccc4)c4cc(-c5ccccc5)ccc43)cc2)cc1. The molecular formula is C132H93N3. The molecule has 0 saturated carbocycles. The number of para-hydroxylation sites is 2. The Hall–Kier alpha value is -17.8. The van der Waals surface area contributed by atoms with Crippen LogP contribution in [0.4, 0.5) is 0 Å². The molecule has 0 fully saturated rings. The molecule has 0 aliphatic rings. The molecule has 0 unspecified atom stereocenters. The number of nitrogens with zero attached hydrogens (tertiary/aromatic N) is 3. The second-order valence-corrected chi connectivity index (χ2v) is 34.1. The van der Waals surface area contributed by atoms with Crippen LogP contribution in [0.2, 0.25) is 0 Å². The second-order valence-electron chi connectivity index (χ2n) is 34.1. The molecular weight excluding hydrogens is 1630 g/mol. The van der Waals surface area contributed by atoms with Crippen LogP contribution in [0.5, 0.6) is 0 Å². The van der Waals surface area contributed by atoms with Crippen LogP contribution < -0.4 is 0 Å². The van der Waals surface area contributed by atoms with Crippen molar-refractivity contribution in [3.63, 3.8) is 0 Å². The van der Waals surface area contributed by atoms with Gasteiger partial charge in [-0.2, -0.15) is 0 Å². The van der Waals surface area contributed by atoms with E-state index in [0.717, 1.165) is 17.1 Å². The third-order valence-corrected chi connectivity index (χ3v) is 25.9. The molecule has 3 aromatic heterocycles. The molecule has 21 aromatic carbocycles. The van der Waals surface area contributed by atoms with E-state index in [0.29, 0.717) is 0 Å². The van der Waals surface area contributed by atoms with E-state index in [1.54, 1.807) is 0 Å². The summed E-state index contributed by atoms with van der Waals surface area (Å²) in [5.74, 6) is 0. The summed E-state index contributed by atoms with van der Waals surface area (Å²) >= 11 is 0. The summed E-state index contributed by atoms with van der Waals surface area (Å²) in [5, 5.41) is 3.70. The molecule has 636 valence electrons. The molecule has 135 heavy (non-hydrogen) atoms. The molecule has 24 rings (SSSR count). The van der Waals surface area contributed by atoms with E-state index in [1.165, 1.54) is 200 Å². The number of fused-ring (bicyclic) bond motifs is 3. The van der Waals surface area contributed by atoms with Gasteiger partial charge in [0.25, 0.3) is 0 Å². The standard InChI is InChI=1S/C50H35N.C44H31N.C38H27N/c1-5-13-36(14-6-1)39-21-23-42(24-22-39)45-33-34-48-47(35-45)49(43-29-25-40(26-30-43)37-15-7-2-8-16-37)50(51(48)46-19-11-4-12-20-46)44-31-27-41(28-32-44)38-17-9-3-10-18-38;1-5-13-32(14-6-1)34-21-23-36(24-22-34)39-29-30-42-41(31-39)43(37-27-25-35(26-28-37)33-15-7-2-8-16-33)44(38-17-9-3-10-18-38)45(42)40-19-11-4-12-20-40;1-5-13-28(14-6-1)30-21-24-34(25-22-30)39-36-26-23-33(29-15-7-2-8-16-29)27-35(36)37(31-17-9-3-10-18-31)38(39)32-19-11-4-12-20-32/h1-35H;1-31H;1-27H. The summed E-state index contributed by atoms with van der Waals surface area (Å²) in [6, 6.07) is 203. The zero-order chi connectivity index (χ0) is 90.0. The van der Waals surface area contributed by atoms with Gasteiger partial charge >= 0.3 is 0 Å². The minimum absolute atomic E-state index is 1.14. The van der Waals surface area contributed by atoms with Crippen molar-refractivity contribution in [1.29, 1.82) is 0 Å². The predicted molar refractivity (Wildman–Crippen MR) is 571 cm³/mol. The Morgan fingerprint density at radius 2 is 0.230 bits per heavy atom. The lowest BCUT2D eigenvalue weighted by atomic mass is 9.93. The Labute approximate surface area is 789 Å². The third kappa shape index (κ3) is 17.2. The fourth-order valence-electron chi connectivity index (χ4n) is 19.3. The molecule has 0 amide bonds. The first-order valence-electron chi connectivity index (χ1n) is 46.3. The molecule has 0 spiro atoms. The van der Waals surface area contributed by atoms with E-state index in [1.807, 2.05) is 0 Å². The Morgan fingerprint density at radius 1 is 0.0963 bits per heavy atom. The summed E-state index contributed by atoms with van der Waals surface area (Å²) in [4.78, 5) is 0. The van der Waals surface area contributed by atoms with E-state index in [9.17, 15) is 0 Å². The number of hydrogen-bond acceptors (Lipinski definition) is 0. The maximum absolute atomic E-state index is 2.44. The Morgan fingerprint density at radius 3 is 0.459 bits per heavy atom. The number of rotatable bonds is 18. The minimum atomic E-state index is 1.14. The van der Waals surface area contributed by atoms with Crippen LogP contribution >= 0.6 is 0 Å². The highest BCUT2D eigenvalue weighted by molar-refractivity contribution is 6.11. The van der Waals surface area contributed by atoms with E-state index in [2.05, 4.69) is 578 Å². The van der Waals surface area contributed by atoms with Crippen LogP contribution in [-0.4, -0.2) is 13.7 Å². The fraction of sp³-hybridized carbons (Fsp3) is 0. The topological polar surface area (TPSA) is 14.8 Å². The molecule has 0 aliphatic heterocycles. The van der Waals surface area contributed by atoms with Gasteiger partial charge in [0.15, 0.2) is 0 Å². The minimum Gasteiger partial charge on any atom is -0.309 e. The average molecular weight is 1720 g/mol. The first-order valence-corrected chi connectivity index (χ1v) is 46.3.